The molecule has 0 radical (unpaired) electrons. The summed E-state index contributed by atoms with van der Waals surface area (Å²) in [6, 6.07) is 26.4. The number of allylic oxidation sites excluding steroid dienone is 2. The first kappa shape index (κ1) is 35.7. The fourth-order valence-corrected chi connectivity index (χ4v) is 9.56. The van der Waals surface area contributed by atoms with Crippen LogP contribution < -0.4 is 10.6 Å². The summed E-state index contributed by atoms with van der Waals surface area (Å²) in [5.41, 5.74) is 9.95. The van der Waals surface area contributed by atoms with Crippen molar-refractivity contribution in [2.24, 2.45) is 39.6 Å². The van der Waals surface area contributed by atoms with Gasteiger partial charge in [-0.2, -0.15) is 0 Å². The second-order valence-corrected chi connectivity index (χ2v) is 15.8. The molecule has 5 aliphatic rings. The monoisotopic (exact) mass is 723 g/mol. The average Bonchev–Trinajstić information content (AvgIpc) is 4.05. The number of anilines is 1. The molecule has 3 aromatic rings. The Labute approximate surface area is 317 Å². The van der Waals surface area contributed by atoms with Crippen molar-refractivity contribution >= 4 is 46.2 Å². The highest BCUT2D eigenvalue weighted by atomic mass is 16.5. The Morgan fingerprint density at radius 3 is 1.98 bits per heavy atom. The third kappa shape index (κ3) is 7.04. The molecule has 2 saturated carbocycles. The average molecular weight is 724 g/mol. The van der Waals surface area contributed by atoms with E-state index in [2.05, 4.69) is 59.2 Å². The number of likely N-dealkylation sites (tertiary alicyclic amines) is 1. The Hall–Kier alpha value is -5.31. The van der Waals surface area contributed by atoms with Crippen molar-refractivity contribution in [1.82, 2.24) is 10.2 Å². The van der Waals surface area contributed by atoms with E-state index in [1.165, 1.54) is 30.4 Å². The van der Waals surface area contributed by atoms with Crippen molar-refractivity contribution in [1.29, 1.82) is 0 Å². The van der Waals surface area contributed by atoms with E-state index in [0.717, 1.165) is 65.8 Å². The molecule has 2 bridgehead atoms. The van der Waals surface area contributed by atoms with Crippen molar-refractivity contribution in [2.75, 3.05) is 19.0 Å². The lowest BCUT2D eigenvalue weighted by atomic mass is 9.75. The molecule has 3 aromatic carbocycles. The maximum atomic E-state index is 13.6. The van der Waals surface area contributed by atoms with Gasteiger partial charge in [0, 0.05) is 60.7 Å². The Balaban J connectivity index is 0.872. The van der Waals surface area contributed by atoms with Crippen LogP contribution in [0.4, 0.5) is 10.5 Å². The van der Waals surface area contributed by atoms with Crippen LogP contribution in [-0.4, -0.2) is 60.0 Å². The Bertz CT molecular complexity index is 2030. The van der Waals surface area contributed by atoms with Gasteiger partial charge >= 0.3 is 6.09 Å². The van der Waals surface area contributed by atoms with E-state index in [1.807, 2.05) is 61.5 Å². The Kier molecular flexibility index (Phi) is 10.1. The van der Waals surface area contributed by atoms with Gasteiger partial charge in [0.1, 0.15) is 6.04 Å². The van der Waals surface area contributed by atoms with Crippen molar-refractivity contribution in [3.63, 3.8) is 0 Å². The van der Waals surface area contributed by atoms with Gasteiger partial charge in [-0.25, -0.2) is 4.79 Å². The van der Waals surface area contributed by atoms with Gasteiger partial charge in [-0.3, -0.25) is 19.6 Å². The molecule has 1 saturated heterocycles. The third-order valence-electron chi connectivity index (χ3n) is 12.3. The number of carbonyl (C=O) groups is 3. The molecule has 2 aliphatic carbocycles. The number of carbonyl (C=O) groups excluding carboxylic acids is 3. The van der Waals surface area contributed by atoms with Crippen LogP contribution in [0.3, 0.4) is 0 Å². The van der Waals surface area contributed by atoms with Gasteiger partial charge in [0.2, 0.25) is 11.8 Å². The molecule has 6 atom stereocenters. The normalized spacial score (nSPS) is 24.9. The zero-order valence-corrected chi connectivity index (χ0v) is 31.3. The predicted molar refractivity (Wildman–Crippen MR) is 214 cm³/mol. The molecule has 2 unspecified atom stereocenters. The summed E-state index contributed by atoms with van der Waals surface area (Å²) >= 11 is 0. The molecule has 278 valence electrons. The number of nitrogens with zero attached hydrogens (tertiary/aromatic N) is 3. The number of aliphatic imine (C=N–C) groups is 2. The molecule has 0 aromatic heterocycles. The van der Waals surface area contributed by atoms with Gasteiger partial charge < -0.3 is 20.3 Å². The Morgan fingerprint density at radius 1 is 0.759 bits per heavy atom. The maximum absolute atomic E-state index is 13.6. The summed E-state index contributed by atoms with van der Waals surface area (Å²) in [7, 11) is 1.31. The molecule has 8 rings (SSSR count). The van der Waals surface area contributed by atoms with Gasteiger partial charge in [-0.15, -0.1) is 0 Å². The van der Waals surface area contributed by atoms with Crippen molar-refractivity contribution < 1.29 is 19.1 Å². The van der Waals surface area contributed by atoms with Crippen molar-refractivity contribution in [3.05, 3.63) is 102 Å². The third-order valence-corrected chi connectivity index (χ3v) is 12.3. The van der Waals surface area contributed by atoms with Gasteiger partial charge in [0.05, 0.1) is 13.2 Å². The van der Waals surface area contributed by atoms with E-state index >= 15 is 0 Å². The van der Waals surface area contributed by atoms with Crippen molar-refractivity contribution in [3.8, 4) is 11.1 Å². The van der Waals surface area contributed by atoms with Gasteiger partial charge in [0.25, 0.3) is 0 Å². The molecule has 2 N–H and O–H groups in total. The number of hydrogen-bond donors (Lipinski definition) is 2. The number of rotatable bonds is 10. The van der Waals surface area contributed by atoms with Crippen LogP contribution in [0, 0.1) is 29.6 Å². The molecule has 54 heavy (non-hydrogen) atoms. The SMILES string of the molecule is COC(=O)N[C@H](C(=O)N1CCC[C@H]1C1=NC=C(c2ccc(-c3ccc(C4=CN=C([C@H]5C6CCC(C6)[C@H]5C(=O)Nc5ccccc5)C4)cc3)cc2)C1)C(C)C. The van der Waals surface area contributed by atoms with Crippen molar-refractivity contribution in [2.45, 2.75) is 70.9 Å². The summed E-state index contributed by atoms with van der Waals surface area (Å²) in [6.45, 7) is 4.51. The topological polar surface area (TPSA) is 112 Å². The highest BCUT2D eigenvalue weighted by molar-refractivity contribution is 6.05. The molecular weight excluding hydrogens is 675 g/mol. The summed E-state index contributed by atoms with van der Waals surface area (Å²) in [5.74, 6) is 1.16. The molecule has 3 heterocycles. The maximum Gasteiger partial charge on any atom is 0.407 e. The molecule has 3 amide bonds. The molecular formula is C45H49N5O4. The number of hydrogen-bond acceptors (Lipinski definition) is 6. The number of benzene rings is 3. The first-order valence-electron chi connectivity index (χ1n) is 19.5. The minimum atomic E-state index is -0.644. The highest BCUT2D eigenvalue weighted by Crippen LogP contribution is 2.54. The summed E-state index contributed by atoms with van der Waals surface area (Å²) < 4.78 is 4.78. The number of ether oxygens (including phenoxy) is 1. The number of para-hydroxylation sites is 1. The van der Waals surface area contributed by atoms with Gasteiger partial charge in [0.15, 0.2) is 0 Å². The largest absolute Gasteiger partial charge is 0.453 e. The smallest absolute Gasteiger partial charge is 0.407 e. The fourth-order valence-electron chi connectivity index (χ4n) is 9.56. The number of methoxy groups -OCH3 is 1. The first-order chi connectivity index (χ1) is 26.3. The quantitative estimate of drug-likeness (QED) is 0.219. The lowest BCUT2D eigenvalue weighted by Gasteiger charge is -2.31. The van der Waals surface area contributed by atoms with E-state index in [-0.39, 0.29) is 35.6 Å². The van der Waals surface area contributed by atoms with Crippen LogP contribution in [0.1, 0.15) is 69.9 Å². The number of fused-ring (bicyclic) bond motifs is 2. The zero-order chi connectivity index (χ0) is 37.3. The molecule has 9 heteroatoms. The van der Waals surface area contributed by atoms with Crippen LogP contribution in [-0.2, 0) is 14.3 Å². The highest BCUT2D eigenvalue weighted by Gasteiger charge is 2.53. The van der Waals surface area contributed by atoms with Crippen LogP contribution in [0.5, 0.6) is 0 Å². The second-order valence-electron chi connectivity index (χ2n) is 15.8. The fraction of sp³-hybridized carbons (Fsp3) is 0.400. The summed E-state index contributed by atoms with van der Waals surface area (Å²) in [6.07, 6.45) is 10.1. The zero-order valence-electron chi connectivity index (χ0n) is 31.3. The van der Waals surface area contributed by atoms with Crippen LogP contribution in [0.25, 0.3) is 22.3 Å². The van der Waals surface area contributed by atoms with Gasteiger partial charge in [-0.05, 0) is 95.4 Å². The predicted octanol–water partition coefficient (Wildman–Crippen LogP) is 8.40. The lowest BCUT2D eigenvalue weighted by Crippen LogP contribution is -2.53. The lowest BCUT2D eigenvalue weighted by molar-refractivity contribution is -0.134. The molecule has 0 spiro atoms. The van der Waals surface area contributed by atoms with E-state index in [9.17, 15) is 14.4 Å². The minimum Gasteiger partial charge on any atom is -0.453 e. The van der Waals surface area contributed by atoms with E-state index in [4.69, 9.17) is 14.7 Å². The van der Waals surface area contributed by atoms with E-state index in [1.54, 1.807) is 0 Å². The molecule has 3 fully saturated rings. The van der Waals surface area contributed by atoms with Crippen LogP contribution >= 0.6 is 0 Å². The summed E-state index contributed by atoms with van der Waals surface area (Å²) in [5, 5.41) is 5.92. The number of alkyl carbamates (subject to hydrolysis) is 1. The molecule has 9 nitrogen and oxygen atoms in total. The molecule has 3 aliphatic heterocycles. The standard InChI is InChI=1S/C45H49N5O4/c1-27(2)42(49-45(53)54-3)44(52)50-21-7-10-39(50)37-23-34(25-46-37)30-15-11-28(12-16-30)29-13-17-31(18-14-29)35-24-38(47-26-35)40-32-19-20-33(22-32)41(40)43(51)48-36-8-5-4-6-9-36/h4-6,8-9,11-18,25-27,32-33,39-42H,7,10,19-24H2,1-3H3,(H,48,51)(H,49,53)/t32?,33?,39-,40+,41+,42-/m0/s1. The first-order valence-corrected chi connectivity index (χ1v) is 19.5. The Morgan fingerprint density at radius 2 is 1.35 bits per heavy atom. The number of amides is 3. The van der Waals surface area contributed by atoms with Crippen LogP contribution in [0.15, 0.2) is 101 Å². The second kappa shape index (κ2) is 15.2. The minimum absolute atomic E-state index is 0.0140. The van der Waals surface area contributed by atoms with Gasteiger partial charge in [-0.1, -0.05) is 80.6 Å². The van der Waals surface area contributed by atoms with Crippen LogP contribution in [0.2, 0.25) is 0 Å². The van der Waals surface area contributed by atoms with E-state index in [0.29, 0.717) is 24.8 Å². The summed E-state index contributed by atoms with van der Waals surface area (Å²) in [4.78, 5) is 50.7. The number of nitrogens with one attached hydrogen (secondary N) is 2. The van der Waals surface area contributed by atoms with E-state index < -0.39 is 12.1 Å².